The molecule has 4 nitrogen and oxygen atoms in total. The molecule has 23 heavy (non-hydrogen) atoms. The number of aromatic nitrogens is 1. The minimum absolute atomic E-state index is 0.383. The minimum Gasteiger partial charge on any atom is -0.483 e. The van der Waals surface area contributed by atoms with Crippen molar-refractivity contribution in [3.63, 3.8) is 0 Å². The molecule has 0 atom stereocenters. The molecule has 0 aliphatic carbocycles. The number of anilines is 1. The summed E-state index contributed by atoms with van der Waals surface area (Å²) in [5, 5.41) is 3.29. The smallest absolute Gasteiger partial charge is 0.419 e. The number of pyridine rings is 1. The standard InChI is InChI=1S/C15H13F3N2O2S/c1-23-14-7-6-10(8-19-14)20-13(21)9-22-12-5-3-2-4-11(12)15(16,17)18/h2-8H,9H2,1H3,(H,20,21). The summed E-state index contributed by atoms with van der Waals surface area (Å²) in [4.78, 5) is 15.8. The highest BCUT2D eigenvalue weighted by molar-refractivity contribution is 7.98. The van der Waals surface area contributed by atoms with E-state index in [4.69, 9.17) is 4.74 Å². The van der Waals surface area contributed by atoms with Crippen LogP contribution in [-0.2, 0) is 11.0 Å². The van der Waals surface area contributed by atoms with Gasteiger partial charge in [-0.05, 0) is 30.5 Å². The maximum Gasteiger partial charge on any atom is 0.419 e. The predicted molar refractivity (Wildman–Crippen MR) is 81.6 cm³/mol. The summed E-state index contributed by atoms with van der Waals surface area (Å²) >= 11 is 1.45. The van der Waals surface area contributed by atoms with Crippen molar-refractivity contribution in [3.05, 3.63) is 48.2 Å². The highest BCUT2D eigenvalue weighted by Gasteiger charge is 2.34. The Morgan fingerprint density at radius 2 is 2.00 bits per heavy atom. The zero-order valence-corrected chi connectivity index (χ0v) is 12.9. The molecular weight excluding hydrogens is 329 g/mol. The van der Waals surface area contributed by atoms with E-state index >= 15 is 0 Å². The number of benzene rings is 1. The van der Waals surface area contributed by atoms with Gasteiger partial charge in [0.25, 0.3) is 5.91 Å². The number of thioether (sulfide) groups is 1. The van der Waals surface area contributed by atoms with Crippen molar-refractivity contribution in [2.75, 3.05) is 18.2 Å². The SMILES string of the molecule is CSc1ccc(NC(=O)COc2ccccc2C(F)(F)F)cn1. The van der Waals surface area contributed by atoms with Gasteiger partial charge < -0.3 is 10.1 Å². The largest absolute Gasteiger partial charge is 0.483 e. The molecule has 0 aliphatic rings. The first-order chi connectivity index (χ1) is 10.9. The molecular formula is C15H13F3N2O2S. The normalized spacial score (nSPS) is 11.1. The number of halogens is 3. The summed E-state index contributed by atoms with van der Waals surface area (Å²) in [6, 6.07) is 8.12. The Bertz CT molecular complexity index is 675. The third-order valence-corrected chi connectivity index (χ3v) is 3.44. The number of carbonyl (C=O) groups excluding carboxylic acids is 1. The molecule has 0 unspecified atom stereocenters. The van der Waals surface area contributed by atoms with Gasteiger partial charge in [0.1, 0.15) is 5.75 Å². The van der Waals surface area contributed by atoms with Gasteiger partial charge in [-0.3, -0.25) is 4.79 Å². The fraction of sp³-hybridized carbons (Fsp3) is 0.200. The molecule has 0 aliphatic heterocycles. The maximum absolute atomic E-state index is 12.8. The fourth-order valence-corrected chi connectivity index (χ4v) is 2.10. The van der Waals surface area contributed by atoms with Gasteiger partial charge in [0.05, 0.1) is 22.5 Å². The quantitative estimate of drug-likeness (QED) is 0.839. The zero-order chi connectivity index (χ0) is 16.9. The highest BCUT2D eigenvalue weighted by Crippen LogP contribution is 2.35. The van der Waals surface area contributed by atoms with E-state index in [2.05, 4.69) is 10.3 Å². The van der Waals surface area contributed by atoms with E-state index in [-0.39, 0.29) is 5.75 Å². The number of amides is 1. The summed E-state index contributed by atoms with van der Waals surface area (Å²) in [6.07, 6.45) is -1.20. The molecule has 0 spiro atoms. The lowest BCUT2D eigenvalue weighted by Gasteiger charge is -2.13. The summed E-state index contributed by atoms with van der Waals surface area (Å²) in [6.45, 7) is -0.530. The zero-order valence-electron chi connectivity index (χ0n) is 12.1. The lowest BCUT2D eigenvalue weighted by molar-refractivity contribution is -0.139. The van der Waals surface area contributed by atoms with E-state index in [1.165, 1.54) is 36.2 Å². The minimum atomic E-state index is -4.54. The van der Waals surface area contributed by atoms with Crippen molar-refractivity contribution in [1.29, 1.82) is 0 Å². The van der Waals surface area contributed by atoms with Crippen molar-refractivity contribution in [2.24, 2.45) is 0 Å². The van der Waals surface area contributed by atoms with Crippen LogP contribution in [0.2, 0.25) is 0 Å². The molecule has 1 N–H and O–H groups in total. The van der Waals surface area contributed by atoms with Crippen LogP contribution in [0.15, 0.2) is 47.6 Å². The van der Waals surface area contributed by atoms with E-state index in [1.54, 1.807) is 12.1 Å². The number of carbonyl (C=O) groups is 1. The Balaban J connectivity index is 1.97. The lowest BCUT2D eigenvalue weighted by Crippen LogP contribution is -2.21. The third-order valence-electron chi connectivity index (χ3n) is 2.78. The van der Waals surface area contributed by atoms with Crippen LogP contribution in [0.3, 0.4) is 0 Å². The van der Waals surface area contributed by atoms with Gasteiger partial charge in [0, 0.05) is 0 Å². The molecule has 0 saturated heterocycles. The molecule has 2 aromatic rings. The topological polar surface area (TPSA) is 51.2 Å². The fourth-order valence-electron chi connectivity index (χ4n) is 1.74. The summed E-state index contributed by atoms with van der Waals surface area (Å²) in [5.41, 5.74) is -0.473. The first-order valence-corrected chi connectivity index (χ1v) is 7.71. The predicted octanol–water partition coefficient (Wildman–Crippen LogP) is 3.84. The third kappa shape index (κ3) is 4.88. The van der Waals surface area contributed by atoms with Crippen LogP contribution in [0.1, 0.15) is 5.56 Å². The maximum atomic E-state index is 12.8. The second-order valence-electron chi connectivity index (χ2n) is 4.42. The number of alkyl halides is 3. The molecule has 1 amide bonds. The van der Waals surface area contributed by atoms with E-state index in [9.17, 15) is 18.0 Å². The number of hydrogen-bond acceptors (Lipinski definition) is 4. The van der Waals surface area contributed by atoms with Crippen molar-refractivity contribution < 1.29 is 22.7 Å². The number of rotatable bonds is 5. The van der Waals surface area contributed by atoms with Gasteiger partial charge in [0.15, 0.2) is 6.61 Å². The summed E-state index contributed by atoms with van der Waals surface area (Å²) in [7, 11) is 0. The highest BCUT2D eigenvalue weighted by atomic mass is 32.2. The van der Waals surface area contributed by atoms with E-state index in [1.807, 2.05) is 6.26 Å². The van der Waals surface area contributed by atoms with Gasteiger partial charge in [0.2, 0.25) is 0 Å². The Labute approximate surface area is 135 Å². The molecule has 0 bridgehead atoms. The van der Waals surface area contributed by atoms with Crippen LogP contribution in [0.25, 0.3) is 0 Å². The monoisotopic (exact) mass is 342 g/mol. The number of ether oxygens (including phenoxy) is 1. The van der Waals surface area contributed by atoms with Crippen molar-refractivity contribution in [3.8, 4) is 5.75 Å². The molecule has 8 heteroatoms. The van der Waals surface area contributed by atoms with Crippen LogP contribution in [0.5, 0.6) is 5.75 Å². The van der Waals surface area contributed by atoms with Crippen LogP contribution in [-0.4, -0.2) is 23.8 Å². The molecule has 2 rings (SSSR count). The number of para-hydroxylation sites is 1. The van der Waals surface area contributed by atoms with Crippen LogP contribution in [0, 0.1) is 0 Å². The van der Waals surface area contributed by atoms with E-state index < -0.39 is 24.3 Å². The Morgan fingerprint density at radius 3 is 2.61 bits per heavy atom. The number of hydrogen-bond donors (Lipinski definition) is 1. The van der Waals surface area contributed by atoms with Crippen molar-refractivity contribution >= 4 is 23.4 Å². The van der Waals surface area contributed by atoms with Crippen LogP contribution >= 0.6 is 11.8 Å². The van der Waals surface area contributed by atoms with Gasteiger partial charge >= 0.3 is 6.18 Å². The first kappa shape index (κ1) is 17.1. The second kappa shape index (κ2) is 7.36. The number of nitrogens with zero attached hydrogens (tertiary/aromatic N) is 1. The average molecular weight is 342 g/mol. The van der Waals surface area contributed by atoms with Gasteiger partial charge in [-0.25, -0.2) is 4.98 Å². The molecule has 1 aromatic carbocycles. The van der Waals surface area contributed by atoms with Gasteiger partial charge in [-0.15, -0.1) is 11.8 Å². The lowest BCUT2D eigenvalue weighted by atomic mass is 10.2. The Kier molecular flexibility index (Phi) is 5.49. The molecule has 0 radical (unpaired) electrons. The summed E-state index contributed by atoms with van der Waals surface area (Å²) < 4.78 is 43.4. The Morgan fingerprint density at radius 1 is 1.26 bits per heavy atom. The van der Waals surface area contributed by atoms with Gasteiger partial charge in [-0.1, -0.05) is 12.1 Å². The molecule has 0 fully saturated rings. The van der Waals surface area contributed by atoms with E-state index in [0.29, 0.717) is 5.69 Å². The average Bonchev–Trinajstić information content (AvgIpc) is 2.53. The van der Waals surface area contributed by atoms with Crippen molar-refractivity contribution in [1.82, 2.24) is 4.98 Å². The van der Waals surface area contributed by atoms with Crippen LogP contribution in [0.4, 0.5) is 18.9 Å². The molecule has 1 heterocycles. The van der Waals surface area contributed by atoms with Gasteiger partial charge in [-0.2, -0.15) is 13.2 Å². The molecule has 122 valence electrons. The summed E-state index contributed by atoms with van der Waals surface area (Å²) in [5.74, 6) is -0.952. The Hall–Kier alpha value is -2.22. The van der Waals surface area contributed by atoms with E-state index in [0.717, 1.165) is 11.1 Å². The molecule has 0 saturated carbocycles. The molecule has 1 aromatic heterocycles. The second-order valence-corrected chi connectivity index (χ2v) is 5.25. The van der Waals surface area contributed by atoms with Crippen LogP contribution < -0.4 is 10.1 Å². The number of nitrogens with one attached hydrogen (secondary N) is 1. The van der Waals surface area contributed by atoms with Crippen molar-refractivity contribution in [2.45, 2.75) is 11.2 Å². The first-order valence-electron chi connectivity index (χ1n) is 6.49.